The molecule has 0 unspecified atom stereocenters. The van der Waals surface area contributed by atoms with Gasteiger partial charge in [-0.05, 0) is 52.2 Å². The van der Waals surface area contributed by atoms with Crippen LogP contribution in [0.25, 0.3) is 0 Å². The van der Waals surface area contributed by atoms with Gasteiger partial charge in [0.2, 0.25) is 0 Å². The lowest BCUT2D eigenvalue weighted by Gasteiger charge is -2.13. The van der Waals surface area contributed by atoms with E-state index in [0.717, 1.165) is 19.4 Å². The summed E-state index contributed by atoms with van der Waals surface area (Å²) in [5, 5.41) is 6.54. The number of likely N-dealkylation sites (tertiary alicyclic amines) is 1. The van der Waals surface area contributed by atoms with Gasteiger partial charge in [0.25, 0.3) is 5.91 Å². The smallest absolute Gasteiger partial charge is 0.273 e. The number of rotatable bonds is 6. The number of amides is 1. The van der Waals surface area contributed by atoms with E-state index in [4.69, 9.17) is 4.52 Å². The Morgan fingerprint density at radius 3 is 2.89 bits per heavy atom. The Morgan fingerprint density at radius 2 is 2.22 bits per heavy atom. The van der Waals surface area contributed by atoms with Gasteiger partial charge in [-0.25, -0.2) is 0 Å². The maximum absolute atomic E-state index is 11.6. The Morgan fingerprint density at radius 1 is 1.44 bits per heavy atom. The molecule has 0 spiro atoms. The highest BCUT2D eigenvalue weighted by Crippen LogP contribution is 2.08. The van der Waals surface area contributed by atoms with Crippen molar-refractivity contribution in [3.63, 3.8) is 0 Å². The number of unbranched alkanes of at least 4 members (excludes halogenated alkanes) is 1. The summed E-state index contributed by atoms with van der Waals surface area (Å²) in [5.74, 6) is 0.516. The number of hydrogen-bond acceptors (Lipinski definition) is 4. The summed E-state index contributed by atoms with van der Waals surface area (Å²) >= 11 is 0. The third kappa shape index (κ3) is 3.84. The normalized spacial score (nSPS) is 16.1. The van der Waals surface area contributed by atoms with E-state index in [0.29, 0.717) is 18.0 Å². The molecule has 0 saturated carbocycles. The van der Waals surface area contributed by atoms with Crippen molar-refractivity contribution < 1.29 is 9.32 Å². The zero-order valence-corrected chi connectivity index (χ0v) is 10.9. The van der Waals surface area contributed by atoms with Gasteiger partial charge in [-0.2, -0.15) is 0 Å². The molecule has 5 heteroatoms. The van der Waals surface area contributed by atoms with Gasteiger partial charge in [0, 0.05) is 12.6 Å². The molecule has 1 aliphatic rings. The first-order valence-electron chi connectivity index (χ1n) is 6.69. The van der Waals surface area contributed by atoms with Crippen LogP contribution in [0.15, 0.2) is 10.6 Å². The van der Waals surface area contributed by atoms with Crippen molar-refractivity contribution in [3.8, 4) is 0 Å². The van der Waals surface area contributed by atoms with Crippen LogP contribution >= 0.6 is 0 Å². The maximum Gasteiger partial charge on any atom is 0.273 e. The lowest BCUT2D eigenvalue weighted by atomic mass is 10.3. The molecule has 0 aliphatic carbocycles. The van der Waals surface area contributed by atoms with Crippen LogP contribution in [0.4, 0.5) is 0 Å². The van der Waals surface area contributed by atoms with Crippen LogP contribution in [-0.2, 0) is 0 Å². The van der Waals surface area contributed by atoms with Crippen LogP contribution in [0.3, 0.4) is 0 Å². The second-order valence-electron chi connectivity index (χ2n) is 4.83. The topological polar surface area (TPSA) is 58.4 Å². The molecule has 1 aromatic heterocycles. The molecular weight excluding hydrogens is 230 g/mol. The first-order valence-corrected chi connectivity index (χ1v) is 6.69. The molecule has 0 atom stereocenters. The van der Waals surface area contributed by atoms with Crippen molar-refractivity contribution in [2.24, 2.45) is 0 Å². The summed E-state index contributed by atoms with van der Waals surface area (Å²) in [6, 6.07) is 1.65. The van der Waals surface area contributed by atoms with E-state index < -0.39 is 0 Å². The van der Waals surface area contributed by atoms with Crippen molar-refractivity contribution in [1.82, 2.24) is 15.4 Å². The molecule has 1 saturated heterocycles. The van der Waals surface area contributed by atoms with Crippen LogP contribution in [0.1, 0.15) is 41.9 Å². The van der Waals surface area contributed by atoms with E-state index in [9.17, 15) is 4.79 Å². The summed E-state index contributed by atoms with van der Waals surface area (Å²) in [6.45, 7) is 6.12. The van der Waals surface area contributed by atoms with E-state index in [1.165, 1.54) is 25.9 Å². The first kappa shape index (κ1) is 13.1. The van der Waals surface area contributed by atoms with Crippen LogP contribution in [-0.4, -0.2) is 42.1 Å². The Labute approximate surface area is 108 Å². The van der Waals surface area contributed by atoms with Crippen LogP contribution < -0.4 is 5.32 Å². The predicted octanol–water partition coefficient (Wildman–Crippen LogP) is 1.59. The number of nitrogens with one attached hydrogen (secondary N) is 1. The molecule has 2 rings (SSSR count). The summed E-state index contributed by atoms with van der Waals surface area (Å²) < 4.78 is 4.86. The zero-order valence-electron chi connectivity index (χ0n) is 10.9. The highest BCUT2D eigenvalue weighted by Gasteiger charge is 2.11. The maximum atomic E-state index is 11.6. The minimum atomic E-state index is -0.145. The summed E-state index contributed by atoms with van der Waals surface area (Å²) in [6.07, 6.45) is 4.82. The monoisotopic (exact) mass is 251 g/mol. The zero-order chi connectivity index (χ0) is 12.8. The number of carbonyl (C=O) groups is 1. The molecule has 2 heterocycles. The van der Waals surface area contributed by atoms with E-state index in [2.05, 4.69) is 15.4 Å². The number of aryl methyl sites for hydroxylation is 1. The van der Waals surface area contributed by atoms with E-state index in [1.54, 1.807) is 13.0 Å². The molecule has 0 radical (unpaired) electrons. The fourth-order valence-electron chi connectivity index (χ4n) is 2.23. The fraction of sp³-hybridized carbons (Fsp3) is 0.692. The summed E-state index contributed by atoms with van der Waals surface area (Å²) in [5.41, 5.74) is 0.368. The molecule has 100 valence electrons. The third-order valence-electron chi connectivity index (χ3n) is 3.25. The minimum Gasteiger partial charge on any atom is -0.361 e. The Balaban J connectivity index is 1.56. The number of hydrogen-bond donors (Lipinski definition) is 1. The average Bonchev–Trinajstić information content (AvgIpc) is 2.99. The lowest BCUT2D eigenvalue weighted by Crippen LogP contribution is -2.26. The number of aromatic nitrogens is 1. The first-order chi connectivity index (χ1) is 8.75. The van der Waals surface area contributed by atoms with E-state index >= 15 is 0 Å². The molecule has 0 bridgehead atoms. The second kappa shape index (κ2) is 6.54. The lowest BCUT2D eigenvalue weighted by molar-refractivity contribution is 0.0943. The molecule has 1 N–H and O–H groups in total. The number of carbonyl (C=O) groups excluding carboxylic acids is 1. The van der Waals surface area contributed by atoms with Crippen LogP contribution in [0, 0.1) is 6.92 Å². The molecule has 1 aliphatic heterocycles. The fourth-order valence-corrected chi connectivity index (χ4v) is 2.23. The molecule has 1 aromatic rings. The highest BCUT2D eigenvalue weighted by molar-refractivity contribution is 5.92. The Bertz CT molecular complexity index is 383. The van der Waals surface area contributed by atoms with Gasteiger partial charge in [0.15, 0.2) is 5.69 Å². The van der Waals surface area contributed by atoms with Crippen molar-refractivity contribution in [1.29, 1.82) is 0 Å². The van der Waals surface area contributed by atoms with E-state index in [-0.39, 0.29) is 5.91 Å². The van der Waals surface area contributed by atoms with Crippen LogP contribution in [0.2, 0.25) is 0 Å². The number of nitrogens with zero attached hydrogens (tertiary/aromatic N) is 2. The largest absolute Gasteiger partial charge is 0.361 e. The molecule has 0 aromatic carbocycles. The van der Waals surface area contributed by atoms with Gasteiger partial charge in [0.05, 0.1) is 0 Å². The van der Waals surface area contributed by atoms with Crippen molar-refractivity contribution in [2.45, 2.75) is 32.6 Å². The molecule has 1 fully saturated rings. The standard InChI is InChI=1S/C13H21N3O2/c1-11-10-12(15-18-11)13(17)14-6-2-3-7-16-8-4-5-9-16/h10H,2-9H2,1H3,(H,14,17). The van der Waals surface area contributed by atoms with Crippen molar-refractivity contribution >= 4 is 5.91 Å². The second-order valence-corrected chi connectivity index (χ2v) is 4.83. The average molecular weight is 251 g/mol. The summed E-state index contributed by atoms with van der Waals surface area (Å²) in [4.78, 5) is 14.1. The molecule has 18 heavy (non-hydrogen) atoms. The van der Waals surface area contributed by atoms with Gasteiger partial charge in [0.1, 0.15) is 5.76 Å². The third-order valence-corrected chi connectivity index (χ3v) is 3.25. The van der Waals surface area contributed by atoms with Gasteiger partial charge in [-0.15, -0.1) is 0 Å². The predicted molar refractivity (Wildman–Crippen MR) is 68.5 cm³/mol. The van der Waals surface area contributed by atoms with E-state index in [1.807, 2.05) is 0 Å². The van der Waals surface area contributed by atoms with Gasteiger partial charge >= 0.3 is 0 Å². The molecular formula is C13H21N3O2. The van der Waals surface area contributed by atoms with Gasteiger partial charge in [-0.1, -0.05) is 5.16 Å². The van der Waals surface area contributed by atoms with Gasteiger partial charge in [-0.3, -0.25) is 4.79 Å². The quantitative estimate of drug-likeness (QED) is 0.780. The van der Waals surface area contributed by atoms with Crippen LogP contribution in [0.5, 0.6) is 0 Å². The molecule has 1 amide bonds. The summed E-state index contributed by atoms with van der Waals surface area (Å²) in [7, 11) is 0. The Kier molecular flexibility index (Phi) is 4.75. The SMILES string of the molecule is Cc1cc(C(=O)NCCCCN2CCCC2)no1. The highest BCUT2D eigenvalue weighted by atomic mass is 16.5. The molecule has 5 nitrogen and oxygen atoms in total. The minimum absolute atomic E-state index is 0.145. The van der Waals surface area contributed by atoms with Gasteiger partial charge < -0.3 is 14.7 Å². The van der Waals surface area contributed by atoms with Crippen molar-refractivity contribution in [3.05, 3.63) is 17.5 Å². The van der Waals surface area contributed by atoms with Crippen molar-refractivity contribution in [2.75, 3.05) is 26.2 Å². The Hall–Kier alpha value is -1.36.